The van der Waals surface area contributed by atoms with Crippen LogP contribution in [0, 0.1) is 13.8 Å². The summed E-state index contributed by atoms with van der Waals surface area (Å²) in [5.41, 5.74) is 3.04. The van der Waals surface area contributed by atoms with Gasteiger partial charge in [-0.15, -0.1) is 0 Å². The third-order valence-electron chi connectivity index (χ3n) is 3.70. The lowest BCUT2D eigenvalue weighted by Crippen LogP contribution is -2.20. The fourth-order valence-corrected chi connectivity index (χ4v) is 2.60. The third kappa shape index (κ3) is 2.31. The summed E-state index contributed by atoms with van der Waals surface area (Å²) in [4.78, 5) is 25.5. The second kappa shape index (κ2) is 4.77. The van der Waals surface area contributed by atoms with Gasteiger partial charge in [0.2, 0.25) is 5.91 Å². The Labute approximate surface area is 122 Å². The molecule has 0 bridgehead atoms. The summed E-state index contributed by atoms with van der Waals surface area (Å²) in [7, 11) is 1.75. The van der Waals surface area contributed by atoms with Gasteiger partial charge in [0.05, 0.1) is 12.0 Å². The van der Waals surface area contributed by atoms with Gasteiger partial charge in [-0.05, 0) is 43.7 Å². The van der Waals surface area contributed by atoms with Gasteiger partial charge in [-0.25, -0.2) is 0 Å². The van der Waals surface area contributed by atoms with Crippen molar-refractivity contribution >= 4 is 23.2 Å². The summed E-state index contributed by atoms with van der Waals surface area (Å²) in [6, 6.07) is 7.21. The molecule has 0 saturated heterocycles. The van der Waals surface area contributed by atoms with E-state index < -0.39 is 0 Å². The Hall–Kier alpha value is -2.56. The number of hydrogen-bond donors (Lipinski definition) is 1. The number of nitrogens with zero attached hydrogens (tertiary/aromatic N) is 1. The van der Waals surface area contributed by atoms with Crippen molar-refractivity contribution < 1.29 is 14.0 Å². The third-order valence-corrected chi connectivity index (χ3v) is 3.70. The minimum Gasteiger partial charge on any atom is -0.466 e. The molecule has 1 N–H and O–H groups in total. The molecule has 2 amide bonds. The molecule has 1 aromatic carbocycles. The number of likely N-dealkylation sites (N-methyl/N-ethyl adjacent to an activating group) is 1. The van der Waals surface area contributed by atoms with Crippen molar-refractivity contribution in [2.45, 2.75) is 20.3 Å². The van der Waals surface area contributed by atoms with E-state index in [1.807, 2.05) is 12.1 Å². The van der Waals surface area contributed by atoms with Crippen LogP contribution in [-0.4, -0.2) is 18.9 Å². The van der Waals surface area contributed by atoms with Crippen LogP contribution in [0.2, 0.25) is 0 Å². The van der Waals surface area contributed by atoms with Crippen molar-refractivity contribution in [1.82, 2.24) is 0 Å². The average molecular weight is 284 g/mol. The lowest BCUT2D eigenvalue weighted by atomic mass is 10.1. The number of carbonyl (C=O) groups is 2. The van der Waals surface area contributed by atoms with Crippen LogP contribution < -0.4 is 10.2 Å². The van der Waals surface area contributed by atoms with Gasteiger partial charge in [0, 0.05) is 18.4 Å². The zero-order chi connectivity index (χ0) is 15.1. The molecule has 0 aliphatic carbocycles. The zero-order valence-corrected chi connectivity index (χ0v) is 12.2. The number of hydrogen-bond acceptors (Lipinski definition) is 3. The second-order valence-electron chi connectivity index (χ2n) is 5.25. The van der Waals surface area contributed by atoms with Gasteiger partial charge < -0.3 is 14.6 Å². The summed E-state index contributed by atoms with van der Waals surface area (Å²) in [6.07, 6.45) is 0.374. The molecule has 2 heterocycles. The van der Waals surface area contributed by atoms with E-state index in [0.29, 0.717) is 29.2 Å². The van der Waals surface area contributed by atoms with E-state index in [1.54, 1.807) is 37.9 Å². The van der Waals surface area contributed by atoms with Gasteiger partial charge >= 0.3 is 0 Å². The fourth-order valence-electron chi connectivity index (χ4n) is 2.60. The predicted octanol–water partition coefficient (Wildman–Crippen LogP) is 2.67. The Balaban J connectivity index is 1.84. The normalized spacial score (nSPS) is 13.5. The van der Waals surface area contributed by atoms with Crippen LogP contribution in [0.5, 0.6) is 0 Å². The zero-order valence-electron chi connectivity index (χ0n) is 12.2. The number of nitrogens with one attached hydrogen (secondary N) is 1. The molecule has 21 heavy (non-hydrogen) atoms. The van der Waals surface area contributed by atoms with Gasteiger partial charge in [-0.2, -0.15) is 0 Å². The monoisotopic (exact) mass is 284 g/mol. The highest BCUT2D eigenvalue weighted by Crippen LogP contribution is 2.30. The van der Waals surface area contributed by atoms with E-state index in [9.17, 15) is 9.59 Å². The molecule has 0 spiro atoms. The van der Waals surface area contributed by atoms with Crippen LogP contribution in [0.15, 0.2) is 28.7 Å². The first-order valence-corrected chi connectivity index (χ1v) is 6.73. The van der Waals surface area contributed by atoms with Crippen molar-refractivity contribution in [1.29, 1.82) is 0 Å². The minimum absolute atomic E-state index is 0.0646. The Bertz CT molecular complexity index is 746. The minimum atomic E-state index is -0.207. The van der Waals surface area contributed by atoms with Crippen molar-refractivity contribution in [3.63, 3.8) is 0 Å². The maximum Gasteiger partial charge on any atom is 0.259 e. The first kappa shape index (κ1) is 13.4. The number of benzene rings is 1. The molecule has 1 aliphatic heterocycles. The highest BCUT2D eigenvalue weighted by Gasteiger charge is 2.24. The maximum atomic E-state index is 12.2. The predicted molar refractivity (Wildman–Crippen MR) is 79.7 cm³/mol. The maximum absolute atomic E-state index is 12.2. The molecule has 2 aromatic rings. The molecule has 0 unspecified atom stereocenters. The molecule has 108 valence electrons. The van der Waals surface area contributed by atoms with E-state index in [4.69, 9.17) is 4.42 Å². The van der Waals surface area contributed by atoms with E-state index in [-0.39, 0.29) is 11.8 Å². The van der Waals surface area contributed by atoms with E-state index in [0.717, 1.165) is 11.3 Å². The first-order chi connectivity index (χ1) is 9.95. The number of fused-ring (bicyclic) bond motifs is 1. The average Bonchev–Trinajstić information content (AvgIpc) is 2.90. The molecule has 5 nitrogen and oxygen atoms in total. The highest BCUT2D eigenvalue weighted by atomic mass is 16.3. The lowest BCUT2D eigenvalue weighted by molar-refractivity contribution is -0.117. The van der Waals surface area contributed by atoms with Crippen molar-refractivity contribution in [3.8, 4) is 0 Å². The quantitative estimate of drug-likeness (QED) is 0.922. The molecule has 1 aromatic heterocycles. The van der Waals surface area contributed by atoms with Crippen LogP contribution in [0.4, 0.5) is 11.4 Å². The topological polar surface area (TPSA) is 62.6 Å². The molecule has 0 radical (unpaired) electrons. The summed E-state index contributed by atoms with van der Waals surface area (Å²) in [5, 5.41) is 2.84. The molecule has 5 heteroatoms. The molecular formula is C16H16N2O3. The van der Waals surface area contributed by atoms with E-state index >= 15 is 0 Å². The smallest absolute Gasteiger partial charge is 0.259 e. The number of furan rings is 1. The molecule has 1 aliphatic rings. The number of aryl methyl sites for hydroxylation is 2. The highest BCUT2D eigenvalue weighted by molar-refractivity contribution is 6.06. The largest absolute Gasteiger partial charge is 0.466 e. The van der Waals surface area contributed by atoms with Gasteiger partial charge in [0.1, 0.15) is 11.5 Å². The van der Waals surface area contributed by atoms with Crippen molar-refractivity contribution in [3.05, 3.63) is 46.9 Å². The standard InChI is InChI=1S/C16H16N2O3/c1-9-6-13(10(2)21-9)16(20)17-12-4-5-14-11(7-12)8-15(19)18(14)3/h4-7H,8H2,1-3H3,(H,17,20). The van der Waals surface area contributed by atoms with Crippen LogP contribution >= 0.6 is 0 Å². The summed E-state index contributed by atoms with van der Waals surface area (Å²) in [6.45, 7) is 3.57. The SMILES string of the molecule is Cc1cc(C(=O)Nc2ccc3c(c2)CC(=O)N3C)c(C)o1. The summed E-state index contributed by atoms with van der Waals surface area (Å²) < 4.78 is 5.36. The number of carbonyl (C=O) groups excluding carboxylic acids is 2. The van der Waals surface area contributed by atoms with E-state index in [1.165, 1.54) is 0 Å². The Kier molecular flexibility index (Phi) is 3.05. The number of amides is 2. The van der Waals surface area contributed by atoms with Gasteiger partial charge in [-0.3, -0.25) is 9.59 Å². The summed E-state index contributed by atoms with van der Waals surface area (Å²) in [5.74, 6) is 1.16. The Morgan fingerprint density at radius 1 is 1.29 bits per heavy atom. The van der Waals surface area contributed by atoms with Crippen LogP contribution in [0.1, 0.15) is 27.4 Å². The van der Waals surface area contributed by atoms with Crippen LogP contribution in [-0.2, 0) is 11.2 Å². The molecule has 0 fully saturated rings. The van der Waals surface area contributed by atoms with Gasteiger partial charge in [0.25, 0.3) is 5.91 Å². The number of rotatable bonds is 2. The molecule has 0 saturated carbocycles. The molecule has 3 rings (SSSR count). The Morgan fingerprint density at radius 2 is 2.05 bits per heavy atom. The second-order valence-corrected chi connectivity index (χ2v) is 5.25. The number of anilines is 2. The Morgan fingerprint density at radius 3 is 2.71 bits per heavy atom. The van der Waals surface area contributed by atoms with Crippen molar-refractivity contribution in [2.75, 3.05) is 17.3 Å². The van der Waals surface area contributed by atoms with E-state index in [2.05, 4.69) is 5.32 Å². The first-order valence-electron chi connectivity index (χ1n) is 6.73. The lowest BCUT2D eigenvalue weighted by Gasteiger charge is -2.11. The van der Waals surface area contributed by atoms with Gasteiger partial charge in [-0.1, -0.05) is 0 Å². The fraction of sp³-hybridized carbons (Fsp3) is 0.250. The molecule has 0 atom stereocenters. The van der Waals surface area contributed by atoms with Gasteiger partial charge in [0.15, 0.2) is 0 Å². The molecular weight excluding hydrogens is 268 g/mol. The van der Waals surface area contributed by atoms with Crippen molar-refractivity contribution in [2.24, 2.45) is 0 Å². The van der Waals surface area contributed by atoms with Crippen LogP contribution in [0.3, 0.4) is 0 Å². The summed E-state index contributed by atoms with van der Waals surface area (Å²) >= 11 is 0. The van der Waals surface area contributed by atoms with Crippen LogP contribution in [0.25, 0.3) is 0 Å².